The lowest BCUT2D eigenvalue weighted by Gasteiger charge is -2.30. The highest BCUT2D eigenvalue weighted by Gasteiger charge is 2.29. The summed E-state index contributed by atoms with van der Waals surface area (Å²) in [7, 11) is -7.71. The van der Waals surface area contributed by atoms with Crippen molar-refractivity contribution in [1.82, 2.24) is 14.5 Å². The Morgan fingerprint density at radius 1 is 0.841 bits per heavy atom. The van der Waals surface area contributed by atoms with Crippen molar-refractivity contribution in [2.75, 3.05) is 36.8 Å². The summed E-state index contributed by atoms with van der Waals surface area (Å²) in [5, 5.41) is 19.5. The molecule has 0 aliphatic carbocycles. The molecule has 0 spiro atoms. The molecule has 2 heterocycles. The van der Waals surface area contributed by atoms with Crippen LogP contribution in [0.1, 0.15) is 36.8 Å². The Morgan fingerprint density at radius 3 is 2.18 bits per heavy atom. The Hall–Kier alpha value is -3.82. The molecule has 2 amide bonds. The van der Waals surface area contributed by atoms with Crippen molar-refractivity contribution >= 4 is 43.3 Å². The van der Waals surface area contributed by atoms with Gasteiger partial charge in [-0.05, 0) is 92.9 Å². The largest absolute Gasteiger partial charge is 0.352 e. The normalized spacial score (nSPS) is 17.5. The van der Waals surface area contributed by atoms with E-state index >= 15 is 0 Å². The summed E-state index contributed by atoms with van der Waals surface area (Å²) in [6, 6.07) is 18.3. The van der Waals surface area contributed by atoms with Gasteiger partial charge >= 0.3 is 6.03 Å². The van der Waals surface area contributed by atoms with Gasteiger partial charge in [0.2, 0.25) is 20.0 Å². The Bertz CT molecular complexity index is 1710. The molecule has 6 N–H and O–H groups in total. The van der Waals surface area contributed by atoms with Crippen LogP contribution in [0.15, 0.2) is 82.6 Å². The summed E-state index contributed by atoms with van der Waals surface area (Å²) in [6.07, 6.45) is 4.62. The number of carbonyl (C=O) groups is 1. The number of hydrogen-bond donors (Lipinski definition) is 5. The first-order valence-electron chi connectivity index (χ1n) is 14.5. The van der Waals surface area contributed by atoms with Crippen LogP contribution in [0, 0.1) is 5.41 Å². The molecule has 234 valence electrons. The summed E-state index contributed by atoms with van der Waals surface area (Å²) in [5.41, 5.74) is 2.22. The maximum Gasteiger partial charge on any atom is 0.323 e. The molecule has 0 saturated carbocycles. The van der Waals surface area contributed by atoms with Gasteiger partial charge in [0.05, 0.1) is 9.79 Å². The maximum atomic E-state index is 12.7. The molecule has 3 aromatic rings. The maximum absolute atomic E-state index is 12.7. The van der Waals surface area contributed by atoms with Gasteiger partial charge in [-0.25, -0.2) is 31.5 Å². The van der Waals surface area contributed by atoms with Crippen LogP contribution in [0.25, 0.3) is 0 Å². The number of anilines is 2. The average Bonchev–Trinajstić information content (AvgIpc) is 3.69. The first-order valence-corrected chi connectivity index (χ1v) is 17.5. The van der Waals surface area contributed by atoms with E-state index in [0.717, 1.165) is 44.6 Å². The molecule has 0 radical (unpaired) electrons. The lowest BCUT2D eigenvalue weighted by atomic mass is 10.1. The van der Waals surface area contributed by atoms with Gasteiger partial charge in [-0.15, -0.1) is 0 Å². The van der Waals surface area contributed by atoms with Crippen LogP contribution in [0.2, 0.25) is 0 Å². The number of nitrogens with two attached hydrogens (primary N) is 1. The Kier molecular flexibility index (Phi) is 9.65. The molecule has 44 heavy (non-hydrogen) atoms. The van der Waals surface area contributed by atoms with E-state index in [1.165, 1.54) is 61.4 Å². The molecule has 5 rings (SSSR count). The monoisotopic (exact) mass is 639 g/mol. The predicted molar refractivity (Wildman–Crippen MR) is 170 cm³/mol. The van der Waals surface area contributed by atoms with Gasteiger partial charge in [0.15, 0.2) is 0 Å². The van der Waals surface area contributed by atoms with E-state index in [1.807, 2.05) is 12.1 Å². The fraction of sp³-hybridized carbons (Fsp3) is 0.333. The Morgan fingerprint density at radius 2 is 1.50 bits per heavy atom. The number of primary sulfonamides is 1. The van der Waals surface area contributed by atoms with Crippen LogP contribution in [-0.4, -0.2) is 70.7 Å². The van der Waals surface area contributed by atoms with Gasteiger partial charge in [0.25, 0.3) is 0 Å². The predicted octanol–water partition coefficient (Wildman–Crippen LogP) is 3.34. The fourth-order valence-corrected chi connectivity index (χ4v) is 7.10. The van der Waals surface area contributed by atoms with E-state index in [2.05, 4.69) is 25.2 Å². The number of urea groups is 1. The van der Waals surface area contributed by atoms with Gasteiger partial charge in [-0.3, -0.25) is 5.41 Å². The molecule has 1 atom stereocenters. The van der Waals surface area contributed by atoms with Crippen molar-refractivity contribution in [3.8, 4) is 0 Å². The van der Waals surface area contributed by atoms with Gasteiger partial charge < -0.3 is 20.4 Å². The van der Waals surface area contributed by atoms with E-state index in [0.29, 0.717) is 28.8 Å². The number of carbonyl (C=O) groups excluding carboxylic acids is 1. The van der Waals surface area contributed by atoms with Crippen LogP contribution in [0.3, 0.4) is 0 Å². The third kappa shape index (κ3) is 8.01. The third-order valence-electron chi connectivity index (χ3n) is 7.87. The topological polar surface area (TPSA) is 178 Å². The highest BCUT2D eigenvalue weighted by Crippen LogP contribution is 2.24. The molecule has 2 aliphatic rings. The highest BCUT2D eigenvalue weighted by atomic mass is 32.2. The minimum absolute atomic E-state index is 0.000718. The number of hydrogen-bond acceptors (Lipinski definition) is 7. The number of likely N-dealkylation sites (tertiary alicyclic amines) is 2. The average molecular weight is 640 g/mol. The van der Waals surface area contributed by atoms with Gasteiger partial charge in [0.1, 0.15) is 5.84 Å². The fourth-order valence-electron chi connectivity index (χ4n) is 5.56. The van der Waals surface area contributed by atoms with Crippen molar-refractivity contribution in [3.63, 3.8) is 0 Å². The van der Waals surface area contributed by atoms with Crippen molar-refractivity contribution in [3.05, 3.63) is 83.9 Å². The van der Waals surface area contributed by atoms with E-state index < -0.39 is 26.1 Å². The third-order valence-corrected chi connectivity index (χ3v) is 10.2. The van der Waals surface area contributed by atoms with Crippen LogP contribution in [0.5, 0.6) is 0 Å². The summed E-state index contributed by atoms with van der Waals surface area (Å²) in [4.78, 5) is 17.3. The Balaban J connectivity index is 1.14. The van der Waals surface area contributed by atoms with E-state index in [4.69, 9.17) is 10.5 Å². The second-order valence-corrected chi connectivity index (χ2v) is 14.4. The number of amidine groups is 1. The summed E-state index contributed by atoms with van der Waals surface area (Å²) in [5.74, 6) is 0.460. The molecule has 2 aliphatic heterocycles. The molecule has 0 aromatic heterocycles. The van der Waals surface area contributed by atoms with E-state index in [9.17, 15) is 21.6 Å². The van der Waals surface area contributed by atoms with Crippen molar-refractivity contribution in [1.29, 1.82) is 5.41 Å². The molecule has 3 aromatic carbocycles. The molecule has 2 saturated heterocycles. The second-order valence-electron chi connectivity index (χ2n) is 11.0. The van der Waals surface area contributed by atoms with Gasteiger partial charge in [-0.1, -0.05) is 24.3 Å². The molecule has 1 unspecified atom stereocenters. The van der Waals surface area contributed by atoms with Crippen molar-refractivity contribution in [2.45, 2.75) is 48.1 Å². The zero-order valence-electron chi connectivity index (χ0n) is 24.2. The van der Waals surface area contributed by atoms with Crippen molar-refractivity contribution < 1.29 is 21.6 Å². The number of amides is 2. The zero-order valence-corrected chi connectivity index (χ0v) is 25.8. The number of benzene rings is 3. The summed E-state index contributed by atoms with van der Waals surface area (Å²) >= 11 is 0. The molecule has 14 heteroatoms. The first kappa shape index (κ1) is 31.6. The van der Waals surface area contributed by atoms with Crippen LogP contribution in [-0.2, 0) is 26.6 Å². The molecular formula is C30H37N7O5S2. The number of rotatable bonds is 10. The highest BCUT2D eigenvalue weighted by molar-refractivity contribution is 7.89. The minimum Gasteiger partial charge on any atom is -0.352 e. The summed E-state index contributed by atoms with van der Waals surface area (Å²) < 4.78 is 50.7. The van der Waals surface area contributed by atoms with Gasteiger partial charge in [0, 0.05) is 42.6 Å². The molecule has 12 nitrogen and oxygen atoms in total. The molecule has 0 bridgehead atoms. The number of nitrogens with one attached hydrogen (secondary N) is 4. The van der Waals surface area contributed by atoms with Crippen LogP contribution in [0.4, 0.5) is 16.2 Å². The van der Waals surface area contributed by atoms with E-state index in [-0.39, 0.29) is 16.3 Å². The Labute approximate surface area is 258 Å². The van der Waals surface area contributed by atoms with Gasteiger partial charge in [-0.2, -0.15) is 0 Å². The van der Waals surface area contributed by atoms with Crippen LogP contribution < -0.4 is 20.5 Å². The second kappa shape index (κ2) is 13.4. The zero-order chi connectivity index (χ0) is 31.3. The summed E-state index contributed by atoms with van der Waals surface area (Å²) in [6.45, 7) is 4.04. The minimum atomic E-state index is -3.87. The quantitative estimate of drug-likeness (QED) is 0.167. The lowest BCUT2D eigenvalue weighted by molar-refractivity contribution is 0.252. The van der Waals surface area contributed by atoms with E-state index in [1.54, 1.807) is 12.1 Å². The van der Waals surface area contributed by atoms with Crippen LogP contribution >= 0.6 is 0 Å². The lowest BCUT2D eigenvalue weighted by Crippen LogP contribution is -2.42. The van der Waals surface area contributed by atoms with Crippen molar-refractivity contribution in [2.24, 2.45) is 5.14 Å². The standard InChI is InChI=1S/C30H37N7O5S2/c31-29(37-18-4-7-26(37)21-36-16-1-2-17-36)23-5-3-6-25(19-23)35-30(38)34-24-10-14-28(15-11-24)44(41,42)33-20-22-8-12-27(13-9-22)43(32,39)40/h3,5-6,8-15,19,26,31,33H,1-2,4,7,16-18,20-21H2,(H2,32,39,40)(H2,34,35,38). The molecular weight excluding hydrogens is 603 g/mol. The number of sulfonamides is 2. The smallest absolute Gasteiger partial charge is 0.323 e. The molecule has 2 fully saturated rings. The first-order chi connectivity index (χ1) is 21.0. The SMILES string of the molecule is N=C(c1cccc(NC(=O)Nc2ccc(S(=O)(=O)NCc3ccc(S(N)(=O)=O)cc3)cc2)c1)N1CCCC1CN1CCCC1. The number of nitrogens with zero attached hydrogens (tertiary/aromatic N) is 2.